The van der Waals surface area contributed by atoms with Crippen molar-refractivity contribution in [3.05, 3.63) is 0 Å². The largest absolute Gasteiger partial charge is 0.480 e. The van der Waals surface area contributed by atoms with Crippen LogP contribution in [0.25, 0.3) is 0 Å². The van der Waals surface area contributed by atoms with E-state index < -0.39 is 11.5 Å². The van der Waals surface area contributed by atoms with Crippen molar-refractivity contribution < 1.29 is 9.90 Å². The molecule has 0 bridgehead atoms. The summed E-state index contributed by atoms with van der Waals surface area (Å²) < 4.78 is 0. The molecule has 0 aliphatic heterocycles. The molecule has 12 heavy (non-hydrogen) atoms. The highest BCUT2D eigenvalue weighted by atomic mass is 16.4. The Morgan fingerprint density at radius 3 is 2.00 bits per heavy atom. The molecule has 0 saturated carbocycles. The third-order valence-electron chi connectivity index (χ3n) is 2.50. The maximum absolute atomic E-state index is 11.0. The van der Waals surface area contributed by atoms with Crippen LogP contribution in [0.15, 0.2) is 0 Å². The molecule has 1 N–H and O–H groups in total. The number of hydrogen-bond acceptors (Lipinski definition) is 2. The van der Waals surface area contributed by atoms with Gasteiger partial charge < -0.3 is 5.11 Å². The Morgan fingerprint density at radius 2 is 1.92 bits per heavy atom. The molecular weight excluding hydrogens is 154 g/mol. The lowest BCUT2D eigenvalue weighted by Crippen LogP contribution is -2.50. The zero-order chi connectivity index (χ0) is 9.78. The third-order valence-corrected chi connectivity index (χ3v) is 2.50. The predicted octanol–water partition coefficient (Wildman–Crippen LogP) is 1.58. The maximum Gasteiger partial charge on any atom is 0.324 e. The summed E-state index contributed by atoms with van der Waals surface area (Å²) in [6.45, 7) is 3.93. The molecular formula is C9H19NO2. The van der Waals surface area contributed by atoms with Crippen molar-refractivity contribution >= 4 is 5.97 Å². The summed E-state index contributed by atoms with van der Waals surface area (Å²) in [5.41, 5.74) is -0.658. The number of carboxylic acid groups (broad SMARTS) is 1. The molecule has 0 aliphatic rings. The molecule has 3 heteroatoms. The van der Waals surface area contributed by atoms with Crippen LogP contribution in [0.5, 0.6) is 0 Å². The number of aliphatic carboxylic acids is 1. The van der Waals surface area contributed by atoms with Crippen LogP contribution in [-0.4, -0.2) is 35.6 Å². The molecule has 0 aromatic rings. The van der Waals surface area contributed by atoms with E-state index in [0.29, 0.717) is 12.8 Å². The maximum atomic E-state index is 11.0. The first kappa shape index (κ1) is 11.4. The molecule has 0 radical (unpaired) electrons. The number of hydrogen-bond donors (Lipinski definition) is 1. The van der Waals surface area contributed by atoms with Crippen LogP contribution < -0.4 is 0 Å². The summed E-state index contributed by atoms with van der Waals surface area (Å²) >= 11 is 0. The molecule has 0 rings (SSSR count). The topological polar surface area (TPSA) is 40.5 Å². The number of carboxylic acids is 1. The van der Waals surface area contributed by atoms with E-state index in [2.05, 4.69) is 0 Å². The molecule has 72 valence electrons. The first-order chi connectivity index (χ1) is 5.51. The molecule has 1 unspecified atom stereocenters. The van der Waals surface area contributed by atoms with Gasteiger partial charge in [0.15, 0.2) is 0 Å². The van der Waals surface area contributed by atoms with Crippen molar-refractivity contribution in [2.45, 2.75) is 38.6 Å². The fourth-order valence-corrected chi connectivity index (χ4v) is 1.58. The molecule has 3 nitrogen and oxygen atoms in total. The van der Waals surface area contributed by atoms with E-state index >= 15 is 0 Å². The quantitative estimate of drug-likeness (QED) is 0.686. The van der Waals surface area contributed by atoms with E-state index in [0.717, 1.165) is 6.42 Å². The summed E-state index contributed by atoms with van der Waals surface area (Å²) in [5.74, 6) is -0.711. The fourth-order valence-electron chi connectivity index (χ4n) is 1.58. The van der Waals surface area contributed by atoms with Gasteiger partial charge in [-0.15, -0.1) is 0 Å². The molecule has 0 spiro atoms. The third kappa shape index (κ3) is 1.97. The van der Waals surface area contributed by atoms with Gasteiger partial charge in [-0.25, -0.2) is 0 Å². The van der Waals surface area contributed by atoms with Crippen molar-refractivity contribution in [3.63, 3.8) is 0 Å². The van der Waals surface area contributed by atoms with Crippen molar-refractivity contribution in [1.29, 1.82) is 0 Å². The van der Waals surface area contributed by atoms with Crippen LogP contribution in [0.2, 0.25) is 0 Å². The Balaban J connectivity index is 4.63. The van der Waals surface area contributed by atoms with Gasteiger partial charge >= 0.3 is 5.97 Å². The second kappa shape index (κ2) is 4.45. The molecule has 0 fully saturated rings. The Bertz CT molecular complexity index is 157. The first-order valence-corrected chi connectivity index (χ1v) is 4.42. The lowest BCUT2D eigenvalue weighted by atomic mass is 9.89. The van der Waals surface area contributed by atoms with E-state index in [1.807, 2.05) is 27.9 Å². The average Bonchev–Trinajstić information content (AvgIpc) is 1.98. The first-order valence-electron chi connectivity index (χ1n) is 4.42. The summed E-state index contributed by atoms with van der Waals surface area (Å²) in [7, 11) is 3.65. The molecule has 0 saturated heterocycles. The lowest BCUT2D eigenvalue weighted by molar-refractivity contribution is -0.150. The molecule has 0 aromatic carbocycles. The van der Waals surface area contributed by atoms with Gasteiger partial charge in [0.05, 0.1) is 0 Å². The average molecular weight is 173 g/mol. The summed E-state index contributed by atoms with van der Waals surface area (Å²) in [6, 6.07) is 0. The van der Waals surface area contributed by atoms with E-state index in [1.165, 1.54) is 0 Å². The van der Waals surface area contributed by atoms with E-state index in [1.54, 1.807) is 4.90 Å². The second-order valence-electron chi connectivity index (χ2n) is 3.33. The van der Waals surface area contributed by atoms with Crippen LogP contribution in [-0.2, 0) is 4.79 Å². The SMILES string of the molecule is CCCC(CC)(C(=O)O)N(C)C. The van der Waals surface area contributed by atoms with Crippen LogP contribution in [0.3, 0.4) is 0 Å². The number of carbonyl (C=O) groups is 1. The molecule has 0 aromatic heterocycles. The van der Waals surface area contributed by atoms with Crippen molar-refractivity contribution in [2.24, 2.45) is 0 Å². The normalized spacial score (nSPS) is 16.1. The zero-order valence-electron chi connectivity index (χ0n) is 8.42. The molecule has 0 amide bonds. The van der Waals surface area contributed by atoms with Gasteiger partial charge in [0.25, 0.3) is 0 Å². The van der Waals surface area contributed by atoms with E-state index in [-0.39, 0.29) is 0 Å². The van der Waals surface area contributed by atoms with Gasteiger partial charge in [-0.3, -0.25) is 9.69 Å². The van der Waals surface area contributed by atoms with Crippen LogP contribution in [0, 0.1) is 0 Å². The summed E-state index contributed by atoms with van der Waals surface area (Å²) in [5, 5.41) is 9.08. The Morgan fingerprint density at radius 1 is 1.42 bits per heavy atom. The Hall–Kier alpha value is -0.570. The van der Waals surface area contributed by atoms with Gasteiger partial charge in [-0.05, 0) is 26.9 Å². The van der Waals surface area contributed by atoms with Crippen LogP contribution in [0.4, 0.5) is 0 Å². The van der Waals surface area contributed by atoms with Gasteiger partial charge in [0.2, 0.25) is 0 Å². The molecule has 1 atom stereocenters. The van der Waals surface area contributed by atoms with Crippen molar-refractivity contribution in [3.8, 4) is 0 Å². The lowest BCUT2D eigenvalue weighted by Gasteiger charge is -2.34. The smallest absolute Gasteiger partial charge is 0.324 e. The van der Waals surface area contributed by atoms with Gasteiger partial charge in [-0.2, -0.15) is 0 Å². The minimum atomic E-state index is -0.711. The second-order valence-corrected chi connectivity index (χ2v) is 3.33. The summed E-state index contributed by atoms with van der Waals surface area (Å²) in [6.07, 6.45) is 2.27. The number of nitrogens with zero attached hydrogens (tertiary/aromatic N) is 1. The van der Waals surface area contributed by atoms with Crippen molar-refractivity contribution in [2.75, 3.05) is 14.1 Å². The monoisotopic (exact) mass is 173 g/mol. The highest BCUT2D eigenvalue weighted by Gasteiger charge is 2.37. The zero-order valence-corrected chi connectivity index (χ0v) is 8.42. The fraction of sp³-hybridized carbons (Fsp3) is 0.889. The minimum absolute atomic E-state index is 0.656. The van der Waals surface area contributed by atoms with Crippen molar-refractivity contribution in [1.82, 2.24) is 4.90 Å². The van der Waals surface area contributed by atoms with Crippen LogP contribution in [0.1, 0.15) is 33.1 Å². The highest BCUT2D eigenvalue weighted by molar-refractivity contribution is 5.78. The Labute approximate surface area is 74.4 Å². The minimum Gasteiger partial charge on any atom is -0.480 e. The molecule has 0 heterocycles. The standard InChI is InChI=1S/C9H19NO2/c1-5-7-9(6-2,8(11)12)10(3)4/h5-7H2,1-4H3,(H,11,12). The number of likely N-dealkylation sites (N-methyl/N-ethyl adjacent to an activating group) is 1. The Kier molecular flexibility index (Phi) is 4.24. The van der Waals surface area contributed by atoms with Crippen LogP contribution >= 0.6 is 0 Å². The highest BCUT2D eigenvalue weighted by Crippen LogP contribution is 2.23. The predicted molar refractivity (Wildman–Crippen MR) is 49.3 cm³/mol. The van der Waals surface area contributed by atoms with E-state index in [9.17, 15) is 4.79 Å². The van der Waals surface area contributed by atoms with E-state index in [4.69, 9.17) is 5.11 Å². The van der Waals surface area contributed by atoms with Gasteiger partial charge in [0, 0.05) is 0 Å². The summed E-state index contributed by atoms with van der Waals surface area (Å²) in [4.78, 5) is 12.8. The van der Waals surface area contributed by atoms with Gasteiger partial charge in [-0.1, -0.05) is 20.3 Å². The van der Waals surface area contributed by atoms with Gasteiger partial charge in [0.1, 0.15) is 5.54 Å². The number of rotatable bonds is 5. The molecule has 0 aliphatic carbocycles.